The van der Waals surface area contributed by atoms with E-state index in [1.807, 2.05) is 83.1 Å². The van der Waals surface area contributed by atoms with Crippen LogP contribution in [0.2, 0.25) is 0 Å². The summed E-state index contributed by atoms with van der Waals surface area (Å²) in [5, 5.41) is 3.02. The standard InChI is InChI=1S/C33H42FN3O4S/c1-24-14-15-25(2)29(21-24)37(42(6,40)41)20-10-13-31(38)36(23-27-16-18-28(34)19-17-27)30(32(39)35-33(3,4)5)22-26-11-8-7-9-12-26/h7-9,11-12,14-19,21,30H,10,13,20,22-23H2,1-6H3,(H,35,39)/t30-/m0/s1. The molecule has 0 saturated heterocycles. The van der Waals surface area contributed by atoms with Crippen molar-refractivity contribution in [2.24, 2.45) is 0 Å². The zero-order valence-corrected chi connectivity index (χ0v) is 26.2. The first-order valence-electron chi connectivity index (χ1n) is 14.1. The van der Waals surface area contributed by atoms with Gasteiger partial charge in [-0.1, -0.05) is 54.6 Å². The number of halogens is 1. The van der Waals surface area contributed by atoms with Crippen LogP contribution in [-0.2, 0) is 32.6 Å². The minimum atomic E-state index is -3.61. The molecule has 3 aromatic rings. The Kier molecular flexibility index (Phi) is 10.9. The van der Waals surface area contributed by atoms with E-state index >= 15 is 0 Å². The summed E-state index contributed by atoms with van der Waals surface area (Å²) in [6.07, 6.45) is 1.71. The number of sulfonamides is 1. The Balaban J connectivity index is 1.92. The molecule has 0 heterocycles. The number of aryl methyl sites for hydroxylation is 2. The van der Waals surface area contributed by atoms with Crippen molar-refractivity contribution < 1.29 is 22.4 Å². The van der Waals surface area contributed by atoms with Crippen LogP contribution in [0.25, 0.3) is 0 Å². The molecule has 0 spiro atoms. The predicted molar refractivity (Wildman–Crippen MR) is 166 cm³/mol. The monoisotopic (exact) mass is 595 g/mol. The molecule has 42 heavy (non-hydrogen) atoms. The Bertz CT molecular complexity index is 1470. The van der Waals surface area contributed by atoms with E-state index in [1.165, 1.54) is 21.3 Å². The summed E-state index contributed by atoms with van der Waals surface area (Å²) in [5.74, 6) is -0.982. The zero-order chi connectivity index (χ0) is 31.1. The highest BCUT2D eigenvalue weighted by atomic mass is 32.2. The van der Waals surface area contributed by atoms with E-state index < -0.39 is 27.4 Å². The molecule has 3 aromatic carbocycles. The van der Waals surface area contributed by atoms with Crippen molar-refractivity contribution in [3.63, 3.8) is 0 Å². The topological polar surface area (TPSA) is 86.8 Å². The van der Waals surface area contributed by atoms with Gasteiger partial charge in [-0.25, -0.2) is 12.8 Å². The fraction of sp³-hybridized carbons (Fsp3) is 0.394. The summed E-state index contributed by atoms with van der Waals surface area (Å²) in [7, 11) is -3.61. The maximum Gasteiger partial charge on any atom is 0.243 e. The van der Waals surface area contributed by atoms with Crippen molar-refractivity contribution in [3.05, 3.63) is 101 Å². The molecule has 2 amide bonds. The lowest BCUT2D eigenvalue weighted by Gasteiger charge is -2.34. The second-order valence-electron chi connectivity index (χ2n) is 11.8. The normalized spacial score (nSPS) is 12.5. The summed E-state index contributed by atoms with van der Waals surface area (Å²) in [5.41, 5.74) is 3.37. The lowest BCUT2D eigenvalue weighted by atomic mass is 10.00. The smallest absolute Gasteiger partial charge is 0.243 e. The Morgan fingerprint density at radius 2 is 1.57 bits per heavy atom. The lowest BCUT2D eigenvalue weighted by molar-refractivity contribution is -0.142. The molecular formula is C33H42FN3O4S. The third-order valence-electron chi connectivity index (χ3n) is 6.82. The number of benzene rings is 3. The van der Waals surface area contributed by atoms with E-state index in [0.29, 0.717) is 11.3 Å². The molecule has 1 atom stereocenters. The second-order valence-corrected chi connectivity index (χ2v) is 13.7. The van der Waals surface area contributed by atoms with Gasteiger partial charge in [0.25, 0.3) is 0 Å². The second kappa shape index (κ2) is 14.0. The Hall–Kier alpha value is -3.72. The van der Waals surface area contributed by atoms with Gasteiger partial charge in [0, 0.05) is 31.5 Å². The first-order valence-corrected chi connectivity index (χ1v) is 15.9. The highest BCUT2D eigenvalue weighted by molar-refractivity contribution is 7.92. The van der Waals surface area contributed by atoms with E-state index in [4.69, 9.17) is 0 Å². The molecule has 0 radical (unpaired) electrons. The number of nitrogens with one attached hydrogen (secondary N) is 1. The fourth-order valence-electron chi connectivity index (χ4n) is 4.76. The molecule has 1 N–H and O–H groups in total. The highest BCUT2D eigenvalue weighted by Crippen LogP contribution is 2.25. The largest absolute Gasteiger partial charge is 0.350 e. The van der Waals surface area contributed by atoms with Crippen LogP contribution in [0.4, 0.5) is 10.1 Å². The molecule has 0 aliphatic carbocycles. The van der Waals surface area contributed by atoms with Gasteiger partial charge < -0.3 is 10.2 Å². The van der Waals surface area contributed by atoms with Gasteiger partial charge in [0.15, 0.2) is 0 Å². The van der Waals surface area contributed by atoms with Crippen LogP contribution in [-0.4, -0.2) is 49.5 Å². The Morgan fingerprint density at radius 3 is 2.17 bits per heavy atom. The lowest BCUT2D eigenvalue weighted by Crippen LogP contribution is -2.54. The van der Waals surface area contributed by atoms with Gasteiger partial charge in [0.05, 0.1) is 11.9 Å². The summed E-state index contributed by atoms with van der Waals surface area (Å²) in [6.45, 7) is 9.59. The molecular weight excluding hydrogens is 553 g/mol. The number of rotatable bonds is 12. The van der Waals surface area contributed by atoms with Gasteiger partial charge in [0.1, 0.15) is 11.9 Å². The number of nitrogens with zero attached hydrogens (tertiary/aromatic N) is 2. The van der Waals surface area contributed by atoms with Crippen molar-refractivity contribution in [1.82, 2.24) is 10.2 Å². The molecule has 226 valence electrons. The molecule has 3 rings (SSSR count). The van der Waals surface area contributed by atoms with E-state index in [0.717, 1.165) is 22.9 Å². The van der Waals surface area contributed by atoms with E-state index in [2.05, 4.69) is 5.32 Å². The third kappa shape index (κ3) is 9.69. The number of carbonyl (C=O) groups excluding carboxylic acids is 2. The maximum absolute atomic E-state index is 13.9. The van der Waals surface area contributed by atoms with Crippen molar-refractivity contribution in [3.8, 4) is 0 Å². The number of anilines is 1. The Labute approximate surface area is 249 Å². The van der Waals surface area contributed by atoms with E-state index in [9.17, 15) is 22.4 Å². The maximum atomic E-state index is 13.9. The molecule has 0 unspecified atom stereocenters. The van der Waals surface area contributed by atoms with Gasteiger partial charge >= 0.3 is 0 Å². The van der Waals surface area contributed by atoms with Crippen LogP contribution in [0.1, 0.15) is 55.9 Å². The molecule has 0 fully saturated rings. The summed E-state index contributed by atoms with van der Waals surface area (Å²) in [6, 6.07) is 20.1. The van der Waals surface area contributed by atoms with Gasteiger partial charge in [-0.05, 0) is 81.5 Å². The van der Waals surface area contributed by atoms with Gasteiger partial charge in [-0.3, -0.25) is 13.9 Å². The van der Waals surface area contributed by atoms with Crippen LogP contribution in [0.3, 0.4) is 0 Å². The fourth-order valence-corrected chi connectivity index (χ4v) is 5.78. The molecule has 0 saturated carbocycles. The van der Waals surface area contributed by atoms with Crippen LogP contribution in [0, 0.1) is 19.7 Å². The van der Waals surface area contributed by atoms with Crippen LogP contribution in [0.5, 0.6) is 0 Å². The average molecular weight is 596 g/mol. The number of hydrogen-bond acceptors (Lipinski definition) is 4. The van der Waals surface area contributed by atoms with Gasteiger partial charge in [0.2, 0.25) is 21.8 Å². The minimum Gasteiger partial charge on any atom is -0.350 e. The van der Waals surface area contributed by atoms with Crippen LogP contribution in [0.15, 0.2) is 72.8 Å². The predicted octanol–water partition coefficient (Wildman–Crippen LogP) is 5.54. The average Bonchev–Trinajstić information content (AvgIpc) is 2.90. The molecule has 7 nitrogen and oxygen atoms in total. The van der Waals surface area contributed by atoms with Crippen molar-refractivity contribution in [2.75, 3.05) is 17.1 Å². The number of amides is 2. The van der Waals surface area contributed by atoms with Crippen LogP contribution < -0.4 is 9.62 Å². The minimum absolute atomic E-state index is 0.0200. The molecule has 0 aliphatic rings. The van der Waals surface area contributed by atoms with Crippen molar-refractivity contribution >= 4 is 27.5 Å². The van der Waals surface area contributed by atoms with Crippen molar-refractivity contribution in [2.45, 2.75) is 72.0 Å². The molecule has 0 aromatic heterocycles. The molecule has 0 bridgehead atoms. The summed E-state index contributed by atoms with van der Waals surface area (Å²) in [4.78, 5) is 29.1. The third-order valence-corrected chi connectivity index (χ3v) is 8.00. The quantitative estimate of drug-likeness (QED) is 0.298. The van der Waals surface area contributed by atoms with E-state index in [-0.39, 0.29) is 44.2 Å². The van der Waals surface area contributed by atoms with Gasteiger partial charge in [-0.2, -0.15) is 0 Å². The summed E-state index contributed by atoms with van der Waals surface area (Å²) < 4.78 is 40.5. The first-order chi connectivity index (χ1) is 19.6. The van der Waals surface area contributed by atoms with Crippen LogP contribution >= 0.6 is 0 Å². The SMILES string of the molecule is Cc1ccc(C)c(N(CCCC(=O)N(Cc2ccc(F)cc2)[C@@H](Cc2ccccc2)C(=O)NC(C)(C)C)S(C)(=O)=O)c1. The number of hydrogen-bond donors (Lipinski definition) is 1. The highest BCUT2D eigenvalue weighted by Gasteiger charge is 2.32. The molecule has 0 aliphatic heterocycles. The summed E-state index contributed by atoms with van der Waals surface area (Å²) >= 11 is 0. The van der Waals surface area contributed by atoms with E-state index in [1.54, 1.807) is 12.1 Å². The first kappa shape index (κ1) is 32.8. The van der Waals surface area contributed by atoms with Crippen molar-refractivity contribution in [1.29, 1.82) is 0 Å². The Morgan fingerprint density at radius 1 is 0.929 bits per heavy atom. The molecule has 9 heteroatoms. The number of carbonyl (C=O) groups is 2. The van der Waals surface area contributed by atoms with Gasteiger partial charge in [-0.15, -0.1) is 0 Å². The zero-order valence-electron chi connectivity index (χ0n) is 25.4.